The number of rotatable bonds is 7. The predicted octanol–water partition coefficient (Wildman–Crippen LogP) is 4.14. The van der Waals surface area contributed by atoms with E-state index in [0.29, 0.717) is 5.92 Å². The maximum Gasteiger partial charge on any atom is 0.289 e. The summed E-state index contributed by atoms with van der Waals surface area (Å²) in [5.74, 6) is -0.104. The number of hydrogen-bond acceptors (Lipinski definition) is 5. The molecule has 166 valence electrons. The zero-order valence-corrected chi connectivity index (χ0v) is 18.6. The lowest BCUT2D eigenvalue weighted by atomic mass is 9.86. The average molecular weight is 466 g/mol. The first-order valence-corrected chi connectivity index (χ1v) is 11.8. The molecule has 0 bridgehead atoms. The molecule has 0 radical (unpaired) electrons. The highest BCUT2D eigenvalue weighted by molar-refractivity contribution is 7.92. The Morgan fingerprint density at radius 2 is 1.87 bits per heavy atom. The topological polar surface area (TPSA) is 110 Å². The van der Waals surface area contributed by atoms with Crippen LogP contribution in [0.15, 0.2) is 53.4 Å². The first kappa shape index (κ1) is 23.0. The van der Waals surface area contributed by atoms with Gasteiger partial charge in [-0.3, -0.25) is 19.2 Å². The van der Waals surface area contributed by atoms with E-state index in [-0.39, 0.29) is 21.6 Å². The Morgan fingerprint density at radius 1 is 1.19 bits per heavy atom. The Morgan fingerprint density at radius 3 is 2.52 bits per heavy atom. The fraction of sp³-hybridized carbons (Fsp3) is 0.381. The van der Waals surface area contributed by atoms with Crippen LogP contribution in [-0.4, -0.2) is 31.8 Å². The van der Waals surface area contributed by atoms with Gasteiger partial charge in [-0.1, -0.05) is 49.6 Å². The van der Waals surface area contributed by atoms with Crippen LogP contribution in [0.4, 0.5) is 11.4 Å². The molecule has 1 saturated carbocycles. The predicted molar refractivity (Wildman–Crippen MR) is 119 cm³/mol. The molecule has 2 aromatic rings. The van der Waals surface area contributed by atoms with E-state index in [9.17, 15) is 23.3 Å². The first-order chi connectivity index (χ1) is 14.7. The Balaban J connectivity index is 1.93. The van der Waals surface area contributed by atoms with Crippen molar-refractivity contribution < 1.29 is 18.1 Å². The van der Waals surface area contributed by atoms with E-state index in [1.807, 2.05) is 0 Å². The second-order valence-electron chi connectivity index (χ2n) is 7.65. The second-order valence-corrected chi connectivity index (χ2v) is 9.92. The van der Waals surface area contributed by atoms with Gasteiger partial charge in [-0.25, -0.2) is 8.42 Å². The van der Waals surface area contributed by atoms with Crippen LogP contribution in [0.1, 0.15) is 32.6 Å². The van der Waals surface area contributed by atoms with Gasteiger partial charge in [-0.05, 0) is 43.0 Å². The summed E-state index contributed by atoms with van der Waals surface area (Å²) in [5, 5.41) is 14.0. The second kappa shape index (κ2) is 9.65. The van der Waals surface area contributed by atoms with Crippen molar-refractivity contribution in [3.05, 3.63) is 63.7 Å². The summed E-state index contributed by atoms with van der Waals surface area (Å²) in [6.07, 6.45) is 4.01. The number of para-hydroxylation sites is 1. The summed E-state index contributed by atoms with van der Waals surface area (Å²) in [7, 11) is -4.27. The maximum atomic E-state index is 13.4. The van der Waals surface area contributed by atoms with Gasteiger partial charge in [0.05, 0.1) is 15.5 Å². The van der Waals surface area contributed by atoms with E-state index < -0.39 is 33.1 Å². The lowest BCUT2D eigenvalue weighted by Crippen LogP contribution is -2.47. The number of nitro groups is 1. The number of carbonyl (C=O) groups is 1. The number of hydrogen-bond donors (Lipinski definition) is 1. The van der Waals surface area contributed by atoms with Crippen LogP contribution in [-0.2, 0) is 14.8 Å². The Bertz CT molecular complexity index is 1060. The molecule has 2 aromatic carbocycles. The number of nitro benzene ring substituents is 1. The SMILES string of the molecule is CC1CCCCC1NC(=O)CN(c1ccccc1)S(=O)(=O)c1ccc(Cl)c([N+](=O)[O-])c1. The Hall–Kier alpha value is -2.65. The molecule has 31 heavy (non-hydrogen) atoms. The molecule has 0 heterocycles. The molecular weight excluding hydrogens is 442 g/mol. The molecule has 8 nitrogen and oxygen atoms in total. The Kier molecular flexibility index (Phi) is 7.17. The van der Waals surface area contributed by atoms with Crippen molar-refractivity contribution in [2.24, 2.45) is 5.92 Å². The van der Waals surface area contributed by atoms with Crippen molar-refractivity contribution >= 4 is 38.9 Å². The highest BCUT2D eigenvalue weighted by Gasteiger charge is 2.31. The number of anilines is 1. The van der Waals surface area contributed by atoms with E-state index in [1.54, 1.807) is 30.3 Å². The number of benzene rings is 2. The fourth-order valence-electron chi connectivity index (χ4n) is 3.74. The monoisotopic (exact) mass is 465 g/mol. The average Bonchev–Trinajstić information content (AvgIpc) is 2.74. The highest BCUT2D eigenvalue weighted by atomic mass is 35.5. The summed E-state index contributed by atoms with van der Waals surface area (Å²) < 4.78 is 27.7. The normalized spacial score (nSPS) is 18.9. The smallest absolute Gasteiger partial charge is 0.289 e. The molecule has 2 atom stereocenters. The minimum absolute atomic E-state index is 0.00167. The molecular formula is C21H24ClN3O5S. The number of amides is 1. The molecule has 10 heteroatoms. The molecule has 0 aromatic heterocycles. The van der Waals surface area contributed by atoms with Crippen molar-refractivity contribution in [2.45, 2.75) is 43.5 Å². The van der Waals surface area contributed by atoms with Gasteiger partial charge in [0, 0.05) is 12.1 Å². The number of sulfonamides is 1. The summed E-state index contributed by atoms with van der Waals surface area (Å²) in [4.78, 5) is 23.0. The van der Waals surface area contributed by atoms with E-state index >= 15 is 0 Å². The van der Waals surface area contributed by atoms with E-state index in [1.165, 1.54) is 12.1 Å². The van der Waals surface area contributed by atoms with Crippen molar-refractivity contribution in [1.29, 1.82) is 0 Å². The Labute approximate surface area is 186 Å². The zero-order chi connectivity index (χ0) is 22.6. The van der Waals surface area contributed by atoms with Gasteiger partial charge in [0.1, 0.15) is 11.6 Å². The van der Waals surface area contributed by atoms with Crippen LogP contribution in [0.2, 0.25) is 5.02 Å². The van der Waals surface area contributed by atoms with Gasteiger partial charge in [0.15, 0.2) is 0 Å². The third-order valence-electron chi connectivity index (χ3n) is 5.49. The van der Waals surface area contributed by atoms with Crippen molar-refractivity contribution in [2.75, 3.05) is 10.8 Å². The lowest BCUT2D eigenvalue weighted by molar-refractivity contribution is -0.384. The summed E-state index contributed by atoms with van der Waals surface area (Å²) in [6.45, 7) is 1.63. The zero-order valence-electron chi connectivity index (χ0n) is 17.0. The van der Waals surface area contributed by atoms with Gasteiger partial charge >= 0.3 is 0 Å². The summed E-state index contributed by atoms with van der Waals surface area (Å²) in [5.41, 5.74) is -0.233. The third-order valence-corrected chi connectivity index (χ3v) is 7.58. The summed E-state index contributed by atoms with van der Waals surface area (Å²) in [6, 6.07) is 11.4. The number of nitrogens with zero attached hydrogens (tertiary/aromatic N) is 2. The largest absolute Gasteiger partial charge is 0.352 e. The van der Waals surface area contributed by atoms with E-state index in [0.717, 1.165) is 36.1 Å². The highest BCUT2D eigenvalue weighted by Crippen LogP contribution is 2.30. The van der Waals surface area contributed by atoms with Crippen LogP contribution in [0.3, 0.4) is 0 Å². The van der Waals surface area contributed by atoms with Gasteiger partial charge < -0.3 is 5.32 Å². The van der Waals surface area contributed by atoms with E-state index in [4.69, 9.17) is 11.6 Å². The molecule has 1 fully saturated rings. The van der Waals surface area contributed by atoms with Gasteiger partial charge in [-0.15, -0.1) is 0 Å². The van der Waals surface area contributed by atoms with Crippen LogP contribution < -0.4 is 9.62 Å². The molecule has 0 spiro atoms. The fourth-order valence-corrected chi connectivity index (χ4v) is 5.37. The van der Waals surface area contributed by atoms with Gasteiger partial charge in [-0.2, -0.15) is 0 Å². The number of nitrogens with one attached hydrogen (secondary N) is 1. The molecule has 1 amide bonds. The van der Waals surface area contributed by atoms with Crippen LogP contribution >= 0.6 is 11.6 Å². The molecule has 1 aliphatic carbocycles. The van der Waals surface area contributed by atoms with E-state index in [2.05, 4.69) is 12.2 Å². The first-order valence-electron chi connectivity index (χ1n) is 10.0. The molecule has 1 aliphatic rings. The third kappa shape index (κ3) is 5.34. The minimum atomic E-state index is -4.27. The van der Waals surface area contributed by atoms with Crippen molar-refractivity contribution in [3.8, 4) is 0 Å². The van der Waals surface area contributed by atoms with Crippen LogP contribution in [0, 0.1) is 16.0 Å². The molecule has 3 rings (SSSR count). The molecule has 0 saturated heterocycles. The lowest BCUT2D eigenvalue weighted by Gasteiger charge is -2.31. The number of carbonyl (C=O) groups excluding carboxylic acids is 1. The van der Waals surface area contributed by atoms with Crippen molar-refractivity contribution in [3.63, 3.8) is 0 Å². The molecule has 1 N–H and O–H groups in total. The molecule has 0 aliphatic heterocycles. The van der Waals surface area contributed by atoms with Gasteiger partial charge in [0.25, 0.3) is 15.7 Å². The summed E-state index contributed by atoms with van der Waals surface area (Å²) >= 11 is 5.83. The standard InChI is InChI=1S/C21H24ClN3O5S/c1-15-7-5-6-10-19(15)23-21(26)14-24(16-8-3-2-4-9-16)31(29,30)17-11-12-18(22)20(13-17)25(27)28/h2-4,8-9,11-13,15,19H,5-7,10,14H2,1H3,(H,23,26). The quantitative estimate of drug-likeness (QED) is 0.488. The van der Waals surface area contributed by atoms with Crippen LogP contribution in [0.25, 0.3) is 0 Å². The van der Waals surface area contributed by atoms with Gasteiger partial charge in [0.2, 0.25) is 5.91 Å². The maximum absolute atomic E-state index is 13.4. The number of halogens is 1. The van der Waals surface area contributed by atoms with Crippen LogP contribution in [0.5, 0.6) is 0 Å². The minimum Gasteiger partial charge on any atom is -0.352 e. The molecule has 2 unspecified atom stereocenters. The van der Waals surface area contributed by atoms with Crippen molar-refractivity contribution in [1.82, 2.24) is 5.32 Å².